The Morgan fingerprint density at radius 3 is 2.50 bits per heavy atom. The Morgan fingerprint density at radius 1 is 1.22 bits per heavy atom. The molecule has 0 amide bonds. The van der Waals surface area contributed by atoms with Crippen LogP contribution in [0.2, 0.25) is 10.0 Å². The van der Waals surface area contributed by atoms with Gasteiger partial charge >= 0.3 is 0 Å². The van der Waals surface area contributed by atoms with E-state index in [0.717, 1.165) is 5.69 Å². The summed E-state index contributed by atoms with van der Waals surface area (Å²) >= 11 is 11.8. The summed E-state index contributed by atoms with van der Waals surface area (Å²) in [6.45, 7) is 1.93. The van der Waals surface area contributed by atoms with Gasteiger partial charge in [0.15, 0.2) is 0 Å². The molecule has 0 radical (unpaired) electrons. The first-order valence-corrected chi connectivity index (χ1v) is 6.16. The largest absolute Gasteiger partial charge is 0.326 e. The van der Waals surface area contributed by atoms with Gasteiger partial charge in [0, 0.05) is 27.5 Å². The van der Waals surface area contributed by atoms with Gasteiger partial charge < -0.3 is 5.32 Å². The summed E-state index contributed by atoms with van der Waals surface area (Å²) in [7, 11) is 0. The number of nitrogens with one attached hydrogen (secondary N) is 2. The molecule has 1 heterocycles. The van der Waals surface area contributed by atoms with Crippen LogP contribution in [0.15, 0.2) is 29.1 Å². The molecule has 94 valence electrons. The highest BCUT2D eigenvalue weighted by molar-refractivity contribution is 6.35. The Labute approximate surface area is 114 Å². The minimum Gasteiger partial charge on any atom is -0.326 e. The van der Waals surface area contributed by atoms with Crippen LogP contribution in [0.1, 0.15) is 12.6 Å². The molecule has 6 heteroatoms. The third-order valence-corrected chi connectivity index (χ3v) is 2.72. The van der Waals surface area contributed by atoms with Crippen LogP contribution < -0.4 is 10.9 Å². The molecule has 18 heavy (non-hydrogen) atoms. The van der Waals surface area contributed by atoms with Crippen molar-refractivity contribution in [1.82, 2.24) is 9.97 Å². The Hall–Kier alpha value is -1.52. The van der Waals surface area contributed by atoms with Crippen LogP contribution in [0, 0.1) is 0 Å². The van der Waals surface area contributed by atoms with Crippen LogP contribution in [0.3, 0.4) is 0 Å². The molecule has 0 spiro atoms. The fourth-order valence-electron chi connectivity index (χ4n) is 1.51. The third-order valence-electron chi connectivity index (χ3n) is 2.28. The van der Waals surface area contributed by atoms with Gasteiger partial charge in [-0.25, -0.2) is 4.98 Å². The summed E-state index contributed by atoms with van der Waals surface area (Å²) in [6.07, 6.45) is 0.689. The number of anilines is 2. The summed E-state index contributed by atoms with van der Waals surface area (Å²) < 4.78 is 0. The van der Waals surface area contributed by atoms with Crippen molar-refractivity contribution >= 4 is 34.8 Å². The molecule has 0 aliphatic heterocycles. The van der Waals surface area contributed by atoms with Gasteiger partial charge in [-0.2, -0.15) is 0 Å². The number of benzene rings is 1. The Bertz CT molecular complexity index is 605. The molecule has 0 bridgehead atoms. The summed E-state index contributed by atoms with van der Waals surface area (Å²) in [4.78, 5) is 18.3. The lowest BCUT2D eigenvalue weighted by atomic mass is 10.3. The molecule has 1 aromatic heterocycles. The first-order valence-electron chi connectivity index (χ1n) is 5.40. The molecule has 0 aliphatic rings. The van der Waals surface area contributed by atoms with E-state index in [1.54, 1.807) is 18.2 Å². The van der Waals surface area contributed by atoms with E-state index in [2.05, 4.69) is 15.3 Å². The zero-order valence-electron chi connectivity index (χ0n) is 9.63. The van der Waals surface area contributed by atoms with Crippen LogP contribution in [0.5, 0.6) is 0 Å². The number of hydrogen-bond acceptors (Lipinski definition) is 3. The van der Waals surface area contributed by atoms with Crippen molar-refractivity contribution in [1.29, 1.82) is 0 Å². The van der Waals surface area contributed by atoms with Crippen molar-refractivity contribution in [2.75, 3.05) is 5.32 Å². The van der Waals surface area contributed by atoms with Gasteiger partial charge in [0.1, 0.15) is 0 Å². The highest BCUT2D eigenvalue weighted by Crippen LogP contribution is 2.23. The van der Waals surface area contributed by atoms with Gasteiger partial charge in [-0.1, -0.05) is 30.1 Å². The van der Waals surface area contributed by atoms with E-state index in [1.807, 2.05) is 6.92 Å². The number of rotatable bonds is 3. The molecule has 2 N–H and O–H groups in total. The van der Waals surface area contributed by atoms with Crippen molar-refractivity contribution in [3.05, 3.63) is 50.4 Å². The van der Waals surface area contributed by atoms with Gasteiger partial charge in [-0.15, -0.1) is 0 Å². The van der Waals surface area contributed by atoms with Crippen LogP contribution in [-0.2, 0) is 6.42 Å². The molecular weight excluding hydrogens is 273 g/mol. The second-order valence-corrected chi connectivity index (χ2v) is 4.59. The molecule has 0 aliphatic carbocycles. The number of halogens is 2. The Kier molecular flexibility index (Phi) is 3.89. The number of aryl methyl sites for hydroxylation is 1. The van der Waals surface area contributed by atoms with E-state index in [1.165, 1.54) is 6.07 Å². The minimum atomic E-state index is -0.197. The lowest BCUT2D eigenvalue weighted by Crippen LogP contribution is -2.11. The molecule has 2 aromatic rings. The second-order valence-electron chi connectivity index (χ2n) is 3.72. The smallest absolute Gasteiger partial charge is 0.252 e. The fourth-order valence-corrected chi connectivity index (χ4v) is 2.04. The van der Waals surface area contributed by atoms with E-state index >= 15 is 0 Å². The molecule has 4 nitrogen and oxygen atoms in total. The van der Waals surface area contributed by atoms with E-state index < -0.39 is 0 Å². The first-order chi connectivity index (χ1) is 8.56. The van der Waals surface area contributed by atoms with Crippen LogP contribution in [0.4, 0.5) is 11.6 Å². The van der Waals surface area contributed by atoms with E-state index in [-0.39, 0.29) is 5.56 Å². The van der Waals surface area contributed by atoms with Crippen molar-refractivity contribution in [3.8, 4) is 0 Å². The SMILES string of the molecule is CCc1cc(=O)[nH]c(Nc2cc(Cl)cc(Cl)c2)n1. The second kappa shape index (κ2) is 5.42. The molecular formula is C12H11Cl2N3O. The van der Waals surface area contributed by atoms with Gasteiger partial charge in [-0.3, -0.25) is 9.78 Å². The van der Waals surface area contributed by atoms with Crippen molar-refractivity contribution < 1.29 is 0 Å². The molecule has 0 saturated heterocycles. The zero-order chi connectivity index (χ0) is 13.1. The van der Waals surface area contributed by atoms with Gasteiger partial charge in [-0.05, 0) is 24.6 Å². The third kappa shape index (κ3) is 3.24. The summed E-state index contributed by atoms with van der Waals surface area (Å²) in [6, 6.07) is 6.50. The van der Waals surface area contributed by atoms with Crippen molar-refractivity contribution in [3.63, 3.8) is 0 Å². The Morgan fingerprint density at radius 2 is 1.89 bits per heavy atom. The standard InChI is InChI=1S/C12H11Cl2N3O/c1-2-9-6-11(18)17-12(15-9)16-10-4-7(13)3-8(14)5-10/h3-6H,2H2,1H3,(H2,15,16,17,18). The average Bonchev–Trinajstić information content (AvgIpc) is 2.26. The summed E-state index contributed by atoms with van der Waals surface area (Å²) in [5, 5.41) is 3.99. The van der Waals surface area contributed by atoms with E-state index in [9.17, 15) is 4.79 Å². The van der Waals surface area contributed by atoms with Crippen LogP contribution >= 0.6 is 23.2 Å². The van der Waals surface area contributed by atoms with Gasteiger partial charge in [0.05, 0.1) is 0 Å². The van der Waals surface area contributed by atoms with Crippen LogP contribution in [0.25, 0.3) is 0 Å². The zero-order valence-corrected chi connectivity index (χ0v) is 11.1. The van der Waals surface area contributed by atoms with Crippen LogP contribution in [-0.4, -0.2) is 9.97 Å². The lowest BCUT2D eigenvalue weighted by molar-refractivity contribution is 0.986. The predicted octanol–water partition coefficient (Wildman–Crippen LogP) is 3.38. The molecule has 1 aromatic carbocycles. The number of aromatic nitrogens is 2. The van der Waals surface area contributed by atoms with Gasteiger partial charge in [0.2, 0.25) is 5.95 Å². The number of nitrogens with zero attached hydrogens (tertiary/aromatic N) is 1. The highest BCUT2D eigenvalue weighted by Gasteiger charge is 2.02. The van der Waals surface area contributed by atoms with E-state index in [0.29, 0.717) is 28.1 Å². The molecule has 0 saturated carbocycles. The minimum absolute atomic E-state index is 0.197. The maximum absolute atomic E-state index is 11.4. The fraction of sp³-hybridized carbons (Fsp3) is 0.167. The normalized spacial score (nSPS) is 10.4. The number of hydrogen-bond donors (Lipinski definition) is 2. The molecule has 0 fully saturated rings. The van der Waals surface area contributed by atoms with E-state index in [4.69, 9.17) is 23.2 Å². The summed E-state index contributed by atoms with van der Waals surface area (Å²) in [5.74, 6) is 0.373. The topological polar surface area (TPSA) is 57.8 Å². The predicted molar refractivity (Wildman–Crippen MR) is 74.0 cm³/mol. The molecule has 2 rings (SSSR count). The molecule has 0 atom stereocenters. The van der Waals surface area contributed by atoms with Crippen molar-refractivity contribution in [2.45, 2.75) is 13.3 Å². The van der Waals surface area contributed by atoms with Gasteiger partial charge in [0.25, 0.3) is 5.56 Å². The number of H-pyrrole nitrogens is 1. The van der Waals surface area contributed by atoms with Crippen molar-refractivity contribution in [2.24, 2.45) is 0 Å². The Balaban J connectivity index is 2.33. The quantitative estimate of drug-likeness (QED) is 0.908. The number of aromatic amines is 1. The first kappa shape index (κ1) is 12.9. The monoisotopic (exact) mass is 283 g/mol. The highest BCUT2D eigenvalue weighted by atomic mass is 35.5. The average molecular weight is 284 g/mol. The maximum atomic E-state index is 11.4. The lowest BCUT2D eigenvalue weighted by Gasteiger charge is -2.07. The maximum Gasteiger partial charge on any atom is 0.252 e. The summed E-state index contributed by atoms with van der Waals surface area (Å²) in [5.41, 5.74) is 1.19. The molecule has 0 unspecified atom stereocenters.